The third-order valence-corrected chi connectivity index (χ3v) is 4.05. The zero-order valence-electron chi connectivity index (χ0n) is 15.4. The number of halogens is 1. The maximum atomic E-state index is 12.1. The van der Waals surface area contributed by atoms with Crippen molar-refractivity contribution in [2.45, 2.75) is 6.61 Å². The largest absolute Gasteiger partial charge is 0.495 e. The van der Waals surface area contributed by atoms with Crippen LogP contribution in [0.25, 0.3) is 0 Å². The van der Waals surface area contributed by atoms with E-state index in [4.69, 9.17) is 25.5 Å². The molecule has 0 saturated carbocycles. The lowest BCUT2D eigenvalue weighted by Crippen LogP contribution is -2.43. The van der Waals surface area contributed by atoms with Crippen LogP contribution in [0.15, 0.2) is 65.1 Å². The highest BCUT2D eigenvalue weighted by molar-refractivity contribution is 6.32. The number of para-hydroxylation sites is 3. The number of amides is 3. The fourth-order valence-corrected chi connectivity index (χ4v) is 2.56. The smallest absolute Gasteiger partial charge is 0.338 e. The summed E-state index contributed by atoms with van der Waals surface area (Å²) in [5.74, 6) is 0.812. The van der Waals surface area contributed by atoms with Crippen LogP contribution in [0.4, 0.5) is 10.5 Å². The first-order valence-electron chi connectivity index (χ1n) is 8.53. The number of benzene rings is 2. The van der Waals surface area contributed by atoms with Crippen LogP contribution in [-0.4, -0.2) is 19.0 Å². The van der Waals surface area contributed by atoms with Crippen LogP contribution < -0.4 is 25.6 Å². The van der Waals surface area contributed by atoms with Gasteiger partial charge in [0, 0.05) is 0 Å². The van der Waals surface area contributed by atoms with Crippen molar-refractivity contribution in [3.8, 4) is 11.5 Å². The summed E-state index contributed by atoms with van der Waals surface area (Å²) in [5.41, 5.74) is 4.95. The maximum Gasteiger partial charge on any atom is 0.338 e. The second-order valence-electron chi connectivity index (χ2n) is 5.72. The molecule has 29 heavy (non-hydrogen) atoms. The van der Waals surface area contributed by atoms with Gasteiger partial charge in [0.1, 0.15) is 23.9 Å². The molecule has 0 aliphatic carbocycles. The second-order valence-corrected chi connectivity index (χ2v) is 6.13. The van der Waals surface area contributed by atoms with Gasteiger partial charge in [-0.3, -0.25) is 10.2 Å². The summed E-state index contributed by atoms with van der Waals surface area (Å²) in [6.45, 7) is 0.0960. The molecule has 0 fully saturated rings. The van der Waals surface area contributed by atoms with Gasteiger partial charge >= 0.3 is 11.9 Å². The molecular weight excluding hydrogens is 398 g/mol. The Labute approximate surface area is 171 Å². The number of ether oxygens (including phenoxy) is 2. The van der Waals surface area contributed by atoms with E-state index >= 15 is 0 Å². The molecule has 2 aromatic carbocycles. The number of urea groups is 1. The standard InChI is InChI=1S/C20H18ClN3O5/c1-27-17-9-5-3-7-15(17)22-20(26)24-23-19(25)18-11-10-13(29-18)12-28-16-8-4-2-6-14(16)21/h2-11H,12H2,1H3,(H,23,25)(H2,22,24,26). The van der Waals surface area contributed by atoms with E-state index in [1.807, 2.05) is 0 Å². The highest BCUT2D eigenvalue weighted by atomic mass is 35.5. The molecule has 1 aromatic heterocycles. The molecule has 3 N–H and O–H groups in total. The van der Waals surface area contributed by atoms with Crippen molar-refractivity contribution < 1.29 is 23.5 Å². The van der Waals surface area contributed by atoms with Crippen LogP contribution in [0.3, 0.4) is 0 Å². The van der Waals surface area contributed by atoms with E-state index in [0.29, 0.717) is 28.0 Å². The van der Waals surface area contributed by atoms with Gasteiger partial charge in [0.05, 0.1) is 17.8 Å². The summed E-state index contributed by atoms with van der Waals surface area (Å²) in [6, 6.07) is 16.3. The number of carbonyl (C=O) groups excluding carboxylic acids is 2. The monoisotopic (exact) mass is 415 g/mol. The molecule has 3 rings (SSSR count). The molecular formula is C20H18ClN3O5. The van der Waals surface area contributed by atoms with Crippen LogP contribution in [0.2, 0.25) is 5.02 Å². The second kappa shape index (κ2) is 9.52. The van der Waals surface area contributed by atoms with Gasteiger partial charge in [-0.25, -0.2) is 10.2 Å². The average Bonchev–Trinajstić information content (AvgIpc) is 3.21. The summed E-state index contributed by atoms with van der Waals surface area (Å²) in [7, 11) is 1.49. The Morgan fingerprint density at radius 2 is 1.69 bits per heavy atom. The summed E-state index contributed by atoms with van der Waals surface area (Å²) < 4.78 is 16.1. The van der Waals surface area contributed by atoms with E-state index in [1.54, 1.807) is 54.6 Å². The van der Waals surface area contributed by atoms with Crippen molar-refractivity contribution in [2.75, 3.05) is 12.4 Å². The lowest BCUT2D eigenvalue weighted by atomic mass is 10.3. The van der Waals surface area contributed by atoms with Crippen molar-refractivity contribution in [3.05, 3.63) is 77.2 Å². The minimum atomic E-state index is -0.642. The van der Waals surface area contributed by atoms with Crippen molar-refractivity contribution in [1.29, 1.82) is 0 Å². The number of nitrogens with one attached hydrogen (secondary N) is 3. The average molecular weight is 416 g/mol. The summed E-state index contributed by atoms with van der Waals surface area (Å²) in [4.78, 5) is 24.1. The summed E-state index contributed by atoms with van der Waals surface area (Å²) >= 11 is 6.02. The SMILES string of the molecule is COc1ccccc1NC(=O)NNC(=O)c1ccc(COc2ccccc2Cl)o1. The molecule has 1 heterocycles. The Morgan fingerprint density at radius 3 is 2.45 bits per heavy atom. The van der Waals surface area contributed by atoms with Crippen LogP contribution in [0, 0.1) is 0 Å². The lowest BCUT2D eigenvalue weighted by molar-refractivity contribution is 0.0906. The quantitative estimate of drug-likeness (QED) is 0.528. The van der Waals surface area contributed by atoms with Gasteiger partial charge in [-0.2, -0.15) is 0 Å². The number of hydrogen-bond donors (Lipinski definition) is 3. The van der Waals surface area contributed by atoms with Gasteiger partial charge < -0.3 is 19.2 Å². The van der Waals surface area contributed by atoms with E-state index in [0.717, 1.165) is 0 Å². The van der Waals surface area contributed by atoms with E-state index in [2.05, 4.69) is 16.2 Å². The third-order valence-electron chi connectivity index (χ3n) is 3.74. The highest BCUT2D eigenvalue weighted by Gasteiger charge is 2.13. The Balaban J connectivity index is 1.50. The predicted molar refractivity (Wildman–Crippen MR) is 107 cm³/mol. The summed E-state index contributed by atoms with van der Waals surface area (Å²) in [5, 5.41) is 3.04. The third kappa shape index (κ3) is 5.43. The molecule has 0 spiro atoms. The number of rotatable bonds is 6. The Morgan fingerprint density at radius 1 is 0.966 bits per heavy atom. The fraction of sp³-hybridized carbons (Fsp3) is 0.100. The Kier molecular flexibility index (Phi) is 6.59. The number of furan rings is 1. The number of hydrazine groups is 1. The minimum absolute atomic E-state index is 0.0142. The number of anilines is 1. The molecule has 0 aliphatic rings. The van der Waals surface area contributed by atoms with Gasteiger partial charge in [0.2, 0.25) is 0 Å². The van der Waals surface area contributed by atoms with E-state index < -0.39 is 11.9 Å². The molecule has 0 saturated heterocycles. The fourth-order valence-electron chi connectivity index (χ4n) is 2.36. The van der Waals surface area contributed by atoms with Crippen LogP contribution in [0.1, 0.15) is 16.3 Å². The molecule has 150 valence electrons. The first-order valence-corrected chi connectivity index (χ1v) is 8.91. The van der Waals surface area contributed by atoms with E-state index in [-0.39, 0.29) is 12.4 Å². The van der Waals surface area contributed by atoms with Crippen molar-refractivity contribution in [1.82, 2.24) is 10.9 Å². The molecule has 8 nitrogen and oxygen atoms in total. The van der Waals surface area contributed by atoms with Crippen LogP contribution in [-0.2, 0) is 6.61 Å². The van der Waals surface area contributed by atoms with Crippen molar-refractivity contribution >= 4 is 29.2 Å². The topological polar surface area (TPSA) is 102 Å². The zero-order chi connectivity index (χ0) is 20.6. The molecule has 0 aliphatic heterocycles. The maximum absolute atomic E-state index is 12.1. The molecule has 3 aromatic rings. The normalized spacial score (nSPS) is 10.1. The minimum Gasteiger partial charge on any atom is -0.495 e. The van der Waals surface area contributed by atoms with E-state index in [9.17, 15) is 9.59 Å². The van der Waals surface area contributed by atoms with Gasteiger partial charge in [-0.1, -0.05) is 35.9 Å². The van der Waals surface area contributed by atoms with Gasteiger partial charge in [-0.05, 0) is 36.4 Å². The zero-order valence-corrected chi connectivity index (χ0v) is 16.2. The summed E-state index contributed by atoms with van der Waals surface area (Å²) in [6.07, 6.45) is 0. The first kappa shape index (κ1) is 20.1. The number of methoxy groups -OCH3 is 1. The molecule has 0 unspecified atom stereocenters. The molecule has 0 bridgehead atoms. The predicted octanol–water partition coefficient (Wildman–Crippen LogP) is 3.99. The Bertz CT molecular complexity index is 1010. The number of carbonyl (C=O) groups is 2. The Hall–Kier alpha value is -3.65. The molecule has 3 amide bonds. The number of hydrogen-bond acceptors (Lipinski definition) is 5. The highest BCUT2D eigenvalue weighted by Crippen LogP contribution is 2.24. The van der Waals surface area contributed by atoms with Crippen LogP contribution in [0.5, 0.6) is 11.5 Å². The molecule has 0 radical (unpaired) electrons. The van der Waals surface area contributed by atoms with Gasteiger partial charge in [0.15, 0.2) is 5.76 Å². The van der Waals surface area contributed by atoms with E-state index in [1.165, 1.54) is 13.2 Å². The first-order chi connectivity index (χ1) is 14.1. The molecule has 9 heteroatoms. The van der Waals surface area contributed by atoms with Crippen molar-refractivity contribution in [3.63, 3.8) is 0 Å². The van der Waals surface area contributed by atoms with Crippen LogP contribution >= 0.6 is 11.6 Å². The molecule has 0 atom stereocenters. The lowest BCUT2D eigenvalue weighted by Gasteiger charge is -2.11. The van der Waals surface area contributed by atoms with Gasteiger partial charge in [-0.15, -0.1) is 0 Å². The van der Waals surface area contributed by atoms with Crippen molar-refractivity contribution in [2.24, 2.45) is 0 Å². The van der Waals surface area contributed by atoms with Gasteiger partial charge in [0.25, 0.3) is 0 Å².